The number of nitrogens with one attached hydrogen (secondary N) is 1. The van der Waals surface area contributed by atoms with Crippen LogP contribution in [0.1, 0.15) is 20.3 Å². The molecule has 0 aromatic carbocycles. The predicted molar refractivity (Wildman–Crippen MR) is 64.1 cm³/mol. The average Bonchev–Trinajstić information content (AvgIpc) is 2.49. The van der Waals surface area contributed by atoms with E-state index in [1.807, 2.05) is 18.6 Å². The van der Waals surface area contributed by atoms with E-state index in [2.05, 4.69) is 0 Å². The molecule has 0 saturated heterocycles. The number of amides is 1. The molecule has 0 unspecified atom stereocenters. The molecule has 1 aromatic heterocycles. The molecule has 16 heavy (non-hydrogen) atoms. The van der Waals surface area contributed by atoms with Crippen molar-refractivity contribution in [3.63, 3.8) is 0 Å². The molecule has 4 nitrogen and oxygen atoms in total. The van der Waals surface area contributed by atoms with Gasteiger partial charge in [-0.25, -0.2) is 13.1 Å². The van der Waals surface area contributed by atoms with Crippen molar-refractivity contribution in [3.05, 3.63) is 16.5 Å². The molecule has 7 heteroatoms. The Morgan fingerprint density at radius 1 is 1.50 bits per heavy atom. The Balaban J connectivity index is 2.77. The first kappa shape index (κ1) is 13.5. The number of hydrogen-bond acceptors (Lipinski definition) is 4. The van der Waals surface area contributed by atoms with E-state index in [4.69, 9.17) is 11.6 Å². The highest BCUT2D eigenvalue weighted by molar-refractivity contribution is 7.92. The summed E-state index contributed by atoms with van der Waals surface area (Å²) < 4.78 is 25.7. The molecule has 0 spiro atoms. The number of sulfonamides is 1. The summed E-state index contributed by atoms with van der Waals surface area (Å²) in [4.78, 5) is 11.3. The minimum absolute atomic E-state index is 0.0506. The minimum Gasteiger partial charge on any atom is -0.274 e. The maximum absolute atomic E-state index is 11.7. The molecule has 0 fully saturated rings. The molecule has 0 saturated carbocycles. The van der Waals surface area contributed by atoms with E-state index in [1.54, 1.807) is 0 Å². The van der Waals surface area contributed by atoms with Crippen molar-refractivity contribution in [2.24, 2.45) is 5.92 Å². The molecule has 0 aliphatic carbocycles. The summed E-state index contributed by atoms with van der Waals surface area (Å²) in [5, 5.41) is 0. The van der Waals surface area contributed by atoms with Gasteiger partial charge in [-0.05, 0) is 18.1 Å². The van der Waals surface area contributed by atoms with Gasteiger partial charge < -0.3 is 0 Å². The van der Waals surface area contributed by atoms with Gasteiger partial charge in [-0.2, -0.15) is 0 Å². The normalized spacial score (nSPS) is 11.8. The summed E-state index contributed by atoms with van der Waals surface area (Å²) in [6, 6.07) is 2.85. The van der Waals surface area contributed by atoms with Gasteiger partial charge in [0, 0.05) is 6.42 Å². The first-order valence-corrected chi connectivity index (χ1v) is 7.30. The topological polar surface area (TPSA) is 63.2 Å². The van der Waals surface area contributed by atoms with Gasteiger partial charge in [0.15, 0.2) is 0 Å². The Morgan fingerprint density at radius 3 is 2.56 bits per heavy atom. The van der Waals surface area contributed by atoms with Crippen LogP contribution in [-0.4, -0.2) is 14.3 Å². The van der Waals surface area contributed by atoms with E-state index in [-0.39, 0.29) is 16.5 Å². The maximum atomic E-state index is 11.7. The van der Waals surface area contributed by atoms with E-state index < -0.39 is 15.9 Å². The maximum Gasteiger partial charge on any atom is 0.273 e. The number of halogens is 1. The summed E-state index contributed by atoms with van der Waals surface area (Å²) in [5.74, 6) is -0.387. The third-order valence-electron chi connectivity index (χ3n) is 1.66. The number of rotatable bonds is 4. The number of thiophene rings is 1. The highest BCUT2D eigenvalue weighted by Gasteiger charge is 2.19. The molecule has 0 bridgehead atoms. The van der Waals surface area contributed by atoms with E-state index in [9.17, 15) is 13.2 Å². The molecule has 0 atom stereocenters. The second-order valence-corrected chi connectivity index (χ2v) is 7.31. The largest absolute Gasteiger partial charge is 0.274 e. The predicted octanol–water partition coefficient (Wildman–Crippen LogP) is 2.25. The zero-order valence-corrected chi connectivity index (χ0v) is 11.2. The molecule has 90 valence electrons. The summed E-state index contributed by atoms with van der Waals surface area (Å²) in [6.45, 7) is 3.68. The molecule has 1 aromatic rings. The fraction of sp³-hybridized carbons (Fsp3) is 0.444. The van der Waals surface area contributed by atoms with Crippen molar-refractivity contribution in [2.45, 2.75) is 24.5 Å². The molecular weight excluding hydrogens is 270 g/mol. The van der Waals surface area contributed by atoms with Crippen molar-refractivity contribution in [2.75, 3.05) is 0 Å². The number of carbonyl (C=O) groups is 1. The first-order valence-electron chi connectivity index (χ1n) is 4.62. The van der Waals surface area contributed by atoms with Gasteiger partial charge in [0.05, 0.1) is 4.34 Å². The summed E-state index contributed by atoms with van der Waals surface area (Å²) in [7, 11) is -3.75. The van der Waals surface area contributed by atoms with Gasteiger partial charge in [0.2, 0.25) is 5.91 Å². The zero-order chi connectivity index (χ0) is 12.3. The fourth-order valence-electron chi connectivity index (χ4n) is 1.05. The van der Waals surface area contributed by atoms with Gasteiger partial charge in [0.1, 0.15) is 4.21 Å². The SMILES string of the molecule is CC(C)CC(=O)NS(=O)(=O)c1ccc(Cl)s1. The van der Waals surface area contributed by atoms with Gasteiger partial charge in [0.25, 0.3) is 10.0 Å². The standard InChI is InChI=1S/C9H12ClNO3S2/c1-6(2)5-8(12)11-16(13,14)9-4-3-7(10)15-9/h3-4,6H,5H2,1-2H3,(H,11,12). The monoisotopic (exact) mass is 281 g/mol. The van der Waals surface area contributed by atoms with Crippen LogP contribution in [0.25, 0.3) is 0 Å². The van der Waals surface area contributed by atoms with Crippen LogP contribution < -0.4 is 4.72 Å². The molecule has 1 amide bonds. The van der Waals surface area contributed by atoms with Crippen LogP contribution in [0, 0.1) is 5.92 Å². The van der Waals surface area contributed by atoms with E-state index in [0.717, 1.165) is 11.3 Å². The molecular formula is C9H12ClNO3S2. The van der Waals surface area contributed by atoms with E-state index in [0.29, 0.717) is 4.34 Å². The molecule has 1 N–H and O–H groups in total. The summed E-state index contributed by atoms with van der Waals surface area (Å²) >= 11 is 6.55. The van der Waals surface area contributed by atoms with Gasteiger partial charge in [-0.15, -0.1) is 11.3 Å². The Kier molecular flexibility index (Phi) is 4.35. The Hall–Kier alpha value is -0.590. The van der Waals surface area contributed by atoms with E-state index in [1.165, 1.54) is 12.1 Å². The molecule has 1 heterocycles. The van der Waals surface area contributed by atoms with Crippen LogP contribution in [0.4, 0.5) is 0 Å². The highest BCUT2D eigenvalue weighted by Crippen LogP contribution is 2.25. The van der Waals surface area contributed by atoms with Crippen molar-refractivity contribution >= 4 is 38.9 Å². The second kappa shape index (κ2) is 5.16. The smallest absolute Gasteiger partial charge is 0.273 e. The fourth-order valence-corrected chi connectivity index (χ4v) is 3.53. The van der Waals surface area contributed by atoms with Crippen LogP contribution in [-0.2, 0) is 14.8 Å². The zero-order valence-electron chi connectivity index (χ0n) is 8.86. The molecule has 0 radical (unpaired) electrons. The van der Waals surface area contributed by atoms with Crippen LogP contribution >= 0.6 is 22.9 Å². The minimum atomic E-state index is -3.75. The van der Waals surface area contributed by atoms with Crippen LogP contribution in [0.5, 0.6) is 0 Å². The summed E-state index contributed by atoms with van der Waals surface area (Å²) in [5.41, 5.74) is 0. The van der Waals surface area contributed by atoms with Crippen LogP contribution in [0.3, 0.4) is 0 Å². The Labute approximate surface area is 104 Å². The van der Waals surface area contributed by atoms with Crippen molar-refractivity contribution < 1.29 is 13.2 Å². The number of hydrogen-bond donors (Lipinski definition) is 1. The van der Waals surface area contributed by atoms with E-state index >= 15 is 0 Å². The van der Waals surface area contributed by atoms with Gasteiger partial charge in [-0.1, -0.05) is 25.4 Å². The lowest BCUT2D eigenvalue weighted by molar-refractivity contribution is -0.120. The molecule has 1 rings (SSSR count). The first-order chi connectivity index (χ1) is 7.31. The highest BCUT2D eigenvalue weighted by atomic mass is 35.5. The summed E-state index contributed by atoms with van der Waals surface area (Å²) in [6.07, 6.45) is 0.179. The van der Waals surface area contributed by atoms with Crippen molar-refractivity contribution in [1.29, 1.82) is 0 Å². The average molecular weight is 282 g/mol. The lowest BCUT2D eigenvalue weighted by atomic mass is 10.1. The molecule has 0 aliphatic heterocycles. The van der Waals surface area contributed by atoms with Gasteiger partial charge in [-0.3, -0.25) is 4.79 Å². The molecule has 0 aliphatic rings. The quantitative estimate of drug-likeness (QED) is 0.921. The lowest BCUT2D eigenvalue weighted by Gasteiger charge is -2.06. The Morgan fingerprint density at radius 2 is 2.12 bits per heavy atom. The van der Waals surface area contributed by atoms with Crippen LogP contribution in [0.15, 0.2) is 16.3 Å². The van der Waals surface area contributed by atoms with Crippen molar-refractivity contribution in [3.8, 4) is 0 Å². The van der Waals surface area contributed by atoms with Gasteiger partial charge >= 0.3 is 0 Å². The second-order valence-electron chi connectivity index (χ2n) is 3.69. The third-order valence-corrected chi connectivity index (χ3v) is 4.75. The number of carbonyl (C=O) groups excluding carboxylic acids is 1. The lowest BCUT2D eigenvalue weighted by Crippen LogP contribution is -2.30. The van der Waals surface area contributed by atoms with Crippen LogP contribution in [0.2, 0.25) is 4.34 Å². The third kappa shape index (κ3) is 3.77. The van der Waals surface area contributed by atoms with Crippen molar-refractivity contribution in [1.82, 2.24) is 4.72 Å². The Bertz CT molecular complexity index is 479.